The van der Waals surface area contributed by atoms with Crippen molar-refractivity contribution in [3.8, 4) is 5.75 Å². The molecule has 2 heterocycles. The molecule has 1 aliphatic heterocycles. The van der Waals surface area contributed by atoms with Crippen molar-refractivity contribution < 1.29 is 19.1 Å². The van der Waals surface area contributed by atoms with Gasteiger partial charge in [0.15, 0.2) is 5.13 Å². The van der Waals surface area contributed by atoms with E-state index in [4.69, 9.17) is 4.74 Å². The van der Waals surface area contributed by atoms with Crippen LogP contribution in [0.15, 0.2) is 40.1 Å². The van der Waals surface area contributed by atoms with E-state index < -0.39 is 0 Å². The molecule has 2 aromatic rings. The topological polar surface area (TPSA) is 101 Å². The van der Waals surface area contributed by atoms with E-state index in [9.17, 15) is 14.4 Å². The summed E-state index contributed by atoms with van der Waals surface area (Å²) in [5.74, 6) is 0.257. The third-order valence-electron chi connectivity index (χ3n) is 4.54. The lowest BCUT2D eigenvalue weighted by atomic mass is 10.1. The van der Waals surface area contributed by atoms with Gasteiger partial charge in [-0.25, -0.2) is 4.98 Å². The lowest BCUT2D eigenvalue weighted by Crippen LogP contribution is -2.25. The minimum atomic E-state index is -0.202. The Labute approximate surface area is 196 Å². The highest BCUT2D eigenvalue weighted by atomic mass is 32.2. The first kappa shape index (κ1) is 25.4. The lowest BCUT2D eigenvalue weighted by Gasteiger charge is -2.12. The fourth-order valence-corrected chi connectivity index (χ4v) is 4.93. The highest BCUT2D eigenvalue weighted by molar-refractivity contribution is 8.01. The van der Waals surface area contributed by atoms with Gasteiger partial charge >= 0.3 is 0 Å². The highest BCUT2D eigenvalue weighted by Crippen LogP contribution is 2.38. The zero-order valence-corrected chi connectivity index (χ0v) is 20.3. The number of hydrogen-bond acceptors (Lipinski definition) is 7. The molecule has 0 unspecified atom stereocenters. The molecule has 8 nitrogen and oxygen atoms in total. The molecule has 0 radical (unpaired) electrons. The van der Waals surface area contributed by atoms with Crippen molar-refractivity contribution in [3.63, 3.8) is 0 Å². The lowest BCUT2D eigenvalue weighted by molar-refractivity contribution is -0.125. The molecule has 1 aromatic carbocycles. The number of aryl methyl sites for hydroxylation is 1. The normalized spacial score (nSPS) is 12.4. The van der Waals surface area contributed by atoms with Crippen LogP contribution in [0.2, 0.25) is 0 Å². The Morgan fingerprint density at radius 3 is 2.53 bits per heavy atom. The summed E-state index contributed by atoms with van der Waals surface area (Å²) in [6.45, 7) is 8.65. The summed E-state index contributed by atoms with van der Waals surface area (Å²) in [5.41, 5.74) is 1.48. The average Bonchev–Trinajstić information content (AvgIpc) is 3.46. The first-order chi connectivity index (χ1) is 15.3. The number of rotatable bonds is 6. The number of carbonyl (C=O) groups is 3. The van der Waals surface area contributed by atoms with E-state index in [-0.39, 0.29) is 17.7 Å². The fourth-order valence-electron chi connectivity index (χ4n) is 2.94. The van der Waals surface area contributed by atoms with Gasteiger partial charge in [0.25, 0.3) is 5.91 Å². The Hall–Kier alpha value is -2.85. The molecule has 172 valence electrons. The second kappa shape index (κ2) is 12.3. The van der Waals surface area contributed by atoms with Crippen LogP contribution in [0.5, 0.6) is 5.75 Å². The van der Waals surface area contributed by atoms with Crippen LogP contribution in [-0.4, -0.2) is 54.9 Å². The van der Waals surface area contributed by atoms with Crippen LogP contribution in [0.1, 0.15) is 35.7 Å². The van der Waals surface area contributed by atoms with Crippen molar-refractivity contribution in [1.29, 1.82) is 0 Å². The Kier molecular flexibility index (Phi) is 9.73. The number of benzene rings is 1. The number of anilines is 1. The largest absolute Gasteiger partial charge is 0.496 e. The predicted molar refractivity (Wildman–Crippen MR) is 128 cm³/mol. The molecule has 10 heteroatoms. The number of likely N-dealkylation sites (tertiary alicyclic amines) is 1. The molecule has 3 amide bonds. The van der Waals surface area contributed by atoms with Crippen molar-refractivity contribution in [3.05, 3.63) is 42.1 Å². The molecule has 32 heavy (non-hydrogen) atoms. The molecule has 1 aliphatic rings. The Morgan fingerprint density at radius 2 is 1.97 bits per heavy atom. The molecule has 0 aliphatic carbocycles. The second-order valence-electron chi connectivity index (χ2n) is 6.90. The molecule has 0 saturated carbocycles. The number of amides is 3. The maximum atomic E-state index is 12.0. The van der Waals surface area contributed by atoms with Crippen LogP contribution in [0.4, 0.5) is 5.13 Å². The first-order valence-corrected chi connectivity index (χ1v) is 11.7. The number of nitrogens with zero attached hydrogens (tertiary/aromatic N) is 2. The number of hydrogen-bond donors (Lipinski definition) is 2. The van der Waals surface area contributed by atoms with Gasteiger partial charge in [0.2, 0.25) is 11.8 Å². The number of aromatic nitrogens is 1. The first-order valence-electron chi connectivity index (χ1n) is 10.0. The summed E-state index contributed by atoms with van der Waals surface area (Å²) in [6.07, 6.45) is 5.38. The van der Waals surface area contributed by atoms with Crippen LogP contribution < -0.4 is 15.4 Å². The van der Waals surface area contributed by atoms with E-state index in [2.05, 4.69) is 22.2 Å². The molecule has 2 N–H and O–H groups in total. The van der Waals surface area contributed by atoms with Gasteiger partial charge in [0, 0.05) is 32.0 Å². The van der Waals surface area contributed by atoms with Crippen LogP contribution in [0.25, 0.3) is 0 Å². The van der Waals surface area contributed by atoms with Gasteiger partial charge in [-0.1, -0.05) is 29.7 Å². The van der Waals surface area contributed by atoms with Crippen molar-refractivity contribution >= 4 is 46.0 Å². The van der Waals surface area contributed by atoms with E-state index in [0.717, 1.165) is 40.6 Å². The average molecular weight is 477 g/mol. The van der Waals surface area contributed by atoms with Crippen LogP contribution >= 0.6 is 23.1 Å². The maximum absolute atomic E-state index is 12.0. The number of ether oxygens (including phenoxy) is 1. The summed E-state index contributed by atoms with van der Waals surface area (Å²) in [6, 6.07) is 3.64. The van der Waals surface area contributed by atoms with Gasteiger partial charge in [-0.2, -0.15) is 0 Å². The smallest absolute Gasteiger partial charge is 0.254 e. The SMILES string of the molecule is C=CC(=O)N1CCCC1.CNC(=O)c1cc(Sc2cnc(NC(C)=O)s2)c(C)cc1OC. The highest BCUT2D eigenvalue weighted by Gasteiger charge is 2.16. The minimum Gasteiger partial charge on any atom is -0.496 e. The Bertz CT molecular complexity index is 984. The van der Waals surface area contributed by atoms with Crippen molar-refractivity contribution in [1.82, 2.24) is 15.2 Å². The molecular weight excluding hydrogens is 448 g/mol. The Morgan fingerprint density at radius 1 is 1.28 bits per heavy atom. The van der Waals surface area contributed by atoms with E-state index in [0.29, 0.717) is 16.4 Å². The summed E-state index contributed by atoms with van der Waals surface area (Å²) < 4.78 is 6.20. The van der Waals surface area contributed by atoms with Crippen LogP contribution in [0, 0.1) is 6.92 Å². The molecule has 1 fully saturated rings. The molecule has 0 atom stereocenters. The van der Waals surface area contributed by atoms with Gasteiger partial charge in [-0.05, 0) is 43.5 Å². The monoisotopic (exact) mass is 476 g/mol. The van der Waals surface area contributed by atoms with Crippen molar-refractivity contribution in [2.45, 2.75) is 35.8 Å². The fraction of sp³-hybridized carbons (Fsp3) is 0.364. The number of thiazole rings is 1. The van der Waals surface area contributed by atoms with Gasteiger partial charge < -0.3 is 20.3 Å². The quantitative estimate of drug-likeness (QED) is 0.617. The van der Waals surface area contributed by atoms with E-state index >= 15 is 0 Å². The molecule has 3 rings (SSSR count). The number of nitrogens with one attached hydrogen (secondary N) is 2. The summed E-state index contributed by atoms with van der Waals surface area (Å²) in [4.78, 5) is 40.8. The van der Waals surface area contributed by atoms with Crippen LogP contribution in [-0.2, 0) is 9.59 Å². The molecular formula is C22H28N4O4S2. The van der Waals surface area contributed by atoms with Gasteiger partial charge in [0.1, 0.15) is 5.75 Å². The molecule has 1 aromatic heterocycles. The molecule has 0 bridgehead atoms. The third-order valence-corrected chi connectivity index (χ3v) is 6.71. The summed E-state index contributed by atoms with van der Waals surface area (Å²) in [7, 11) is 3.12. The number of methoxy groups -OCH3 is 1. The Balaban J connectivity index is 0.000000336. The van der Waals surface area contributed by atoms with E-state index in [1.165, 1.54) is 43.2 Å². The van der Waals surface area contributed by atoms with Crippen molar-refractivity contribution in [2.75, 3.05) is 32.6 Å². The summed E-state index contributed by atoms with van der Waals surface area (Å²) >= 11 is 2.88. The van der Waals surface area contributed by atoms with Crippen LogP contribution in [0.3, 0.4) is 0 Å². The van der Waals surface area contributed by atoms with Crippen molar-refractivity contribution in [2.24, 2.45) is 0 Å². The minimum absolute atomic E-state index is 0.0764. The molecule has 0 spiro atoms. The zero-order chi connectivity index (χ0) is 23.7. The van der Waals surface area contributed by atoms with Gasteiger partial charge in [-0.3, -0.25) is 14.4 Å². The predicted octanol–water partition coefficient (Wildman–Crippen LogP) is 3.72. The standard InChI is InChI=1S/C15H17N3O3S2.C7H11NO/c1-8-5-11(21-4)10(14(20)16-3)6-12(8)22-13-7-17-15(23-13)18-9(2)19;1-2-7(9)8-5-3-4-6-8/h5-7H,1-4H3,(H,16,20)(H,17,18,19);2H,1,3-6H2. The van der Waals surface area contributed by atoms with Gasteiger partial charge in [0.05, 0.1) is 23.1 Å². The molecule has 1 saturated heterocycles. The third kappa shape index (κ3) is 7.10. The van der Waals surface area contributed by atoms with Gasteiger partial charge in [-0.15, -0.1) is 0 Å². The summed E-state index contributed by atoms with van der Waals surface area (Å²) in [5, 5.41) is 5.81. The zero-order valence-electron chi connectivity index (χ0n) is 18.7. The number of carbonyl (C=O) groups excluding carboxylic acids is 3. The van der Waals surface area contributed by atoms with E-state index in [1.807, 2.05) is 17.9 Å². The second-order valence-corrected chi connectivity index (χ2v) is 9.27. The maximum Gasteiger partial charge on any atom is 0.254 e. The van der Waals surface area contributed by atoms with E-state index in [1.54, 1.807) is 19.3 Å².